The summed E-state index contributed by atoms with van der Waals surface area (Å²) in [7, 11) is 0. The Labute approximate surface area is 302 Å². The van der Waals surface area contributed by atoms with Crippen LogP contribution >= 0.6 is 0 Å². The number of fused-ring (bicyclic) bond motifs is 5. The SMILES string of the molecule is c1ccc(-c2ccc(N(c3ccc(-c4cc(-c5cccc6ccccc56)c5ccccc5c4)cc3)c3cccc4oc5ccccc5c34)cc2)cc1. The summed E-state index contributed by atoms with van der Waals surface area (Å²) in [6.07, 6.45) is 0. The van der Waals surface area contributed by atoms with Gasteiger partial charge in [-0.15, -0.1) is 0 Å². The van der Waals surface area contributed by atoms with E-state index in [2.05, 4.69) is 193 Å². The van der Waals surface area contributed by atoms with Crippen LogP contribution in [0, 0.1) is 0 Å². The fraction of sp³-hybridized carbons (Fsp3) is 0. The molecular formula is C50H33NO. The van der Waals surface area contributed by atoms with E-state index in [4.69, 9.17) is 4.42 Å². The van der Waals surface area contributed by atoms with Crippen molar-refractivity contribution in [3.05, 3.63) is 200 Å². The maximum atomic E-state index is 6.35. The third-order valence-corrected chi connectivity index (χ3v) is 10.3. The van der Waals surface area contributed by atoms with Crippen LogP contribution in [0.5, 0.6) is 0 Å². The van der Waals surface area contributed by atoms with E-state index in [0.717, 1.165) is 39.0 Å². The van der Waals surface area contributed by atoms with Crippen LogP contribution in [0.2, 0.25) is 0 Å². The summed E-state index contributed by atoms with van der Waals surface area (Å²) in [5.74, 6) is 0. The van der Waals surface area contributed by atoms with Gasteiger partial charge in [0, 0.05) is 16.8 Å². The summed E-state index contributed by atoms with van der Waals surface area (Å²) in [5.41, 5.74) is 12.2. The van der Waals surface area contributed by atoms with Gasteiger partial charge in [0.1, 0.15) is 11.2 Å². The first-order valence-electron chi connectivity index (χ1n) is 17.8. The Balaban J connectivity index is 1.12. The van der Waals surface area contributed by atoms with Crippen molar-refractivity contribution in [2.75, 3.05) is 4.90 Å². The number of benzene rings is 9. The average molecular weight is 664 g/mol. The van der Waals surface area contributed by atoms with Crippen LogP contribution in [0.15, 0.2) is 205 Å². The van der Waals surface area contributed by atoms with Crippen molar-refractivity contribution in [2.45, 2.75) is 0 Å². The number of hydrogen-bond acceptors (Lipinski definition) is 2. The minimum absolute atomic E-state index is 0.873. The Bertz CT molecular complexity index is 2880. The second kappa shape index (κ2) is 12.5. The molecule has 2 heteroatoms. The van der Waals surface area contributed by atoms with Crippen molar-refractivity contribution in [1.29, 1.82) is 0 Å². The van der Waals surface area contributed by atoms with Gasteiger partial charge in [-0.2, -0.15) is 0 Å². The van der Waals surface area contributed by atoms with Crippen LogP contribution in [0.4, 0.5) is 17.1 Å². The summed E-state index contributed by atoms with van der Waals surface area (Å²) in [4.78, 5) is 2.35. The molecule has 0 N–H and O–H groups in total. The highest BCUT2D eigenvalue weighted by atomic mass is 16.3. The topological polar surface area (TPSA) is 16.4 Å². The molecule has 0 aliphatic rings. The van der Waals surface area contributed by atoms with Gasteiger partial charge in [0.2, 0.25) is 0 Å². The van der Waals surface area contributed by atoms with Crippen molar-refractivity contribution in [3.8, 4) is 33.4 Å². The Morgan fingerprint density at radius 3 is 1.62 bits per heavy atom. The molecule has 2 nitrogen and oxygen atoms in total. The fourth-order valence-corrected chi connectivity index (χ4v) is 7.77. The fourth-order valence-electron chi connectivity index (χ4n) is 7.77. The standard InChI is InChI=1S/C50H33NO/c1-2-12-34(13-3-1)35-24-28-40(29-25-35)51(47-21-11-23-49-50(47)45-19-8-9-22-48(45)52-49)41-30-26-36(27-31-41)39-32-38-15-5-7-18-43(38)46(33-39)44-20-10-16-37-14-4-6-17-42(37)44/h1-33H. The first-order valence-corrected chi connectivity index (χ1v) is 17.8. The molecule has 0 radical (unpaired) electrons. The molecular weight excluding hydrogens is 631 g/mol. The molecule has 0 saturated heterocycles. The van der Waals surface area contributed by atoms with Crippen molar-refractivity contribution in [3.63, 3.8) is 0 Å². The van der Waals surface area contributed by atoms with Gasteiger partial charge in [-0.1, -0.05) is 146 Å². The molecule has 0 saturated carbocycles. The molecule has 1 aromatic heterocycles. The highest BCUT2D eigenvalue weighted by Crippen LogP contribution is 2.44. The third-order valence-electron chi connectivity index (χ3n) is 10.3. The number of hydrogen-bond donors (Lipinski definition) is 0. The molecule has 244 valence electrons. The Kier molecular flexibility index (Phi) is 7.18. The van der Waals surface area contributed by atoms with Crippen molar-refractivity contribution < 1.29 is 4.42 Å². The number of para-hydroxylation sites is 1. The quantitative estimate of drug-likeness (QED) is 0.176. The number of anilines is 3. The predicted molar refractivity (Wildman–Crippen MR) is 220 cm³/mol. The molecule has 0 bridgehead atoms. The third kappa shape index (κ3) is 5.12. The van der Waals surface area contributed by atoms with E-state index < -0.39 is 0 Å². The van der Waals surface area contributed by atoms with E-state index in [1.165, 1.54) is 54.9 Å². The van der Waals surface area contributed by atoms with Gasteiger partial charge in [-0.3, -0.25) is 0 Å². The summed E-state index contributed by atoms with van der Waals surface area (Å²) in [5, 5.41) is 7.19. The summed E-state index contributed by atoms with van der Waals surface area (Å²) in [6.45, 7) is 0. The Hall–Kier alpha value is -6.90. The maximum absolute atomic E-state index is 6.35. The first-order chi connectivity index (χ1) is 25.8. The van der Waals surface area contributed by atoms with E-state index in [1.807, 2.05) is 12.1 Å². The Morgan fingerprint density at radius 2 is 0.865 bits per heavy atom. The molecule has 0 fully saturated rings. The van der Waals surface area contributed by atoms with Crippen molar-refractivity contribution >= 4 is 60.5 Å². The average Bonchev–Trinajstić information content (AvgIpc) is 3.61. The van der Waals surface area contributed by atoms with E-state index >= 15 is 0 Å². The molecule has 10 aromatic rings. The van der Waals surface area contributed by atoms with Gasteiger partial charge in [-0.25, -0.2) is 0 Å². The van der Waals surface area contributed by atoms with Crippen LogP contribution in [0.3, 0.4) is 0 Å². The highest BCUT2D eigenvalue weighted by molar-refractivity contribution is 6.13. The minimum atomic E-state index is 0.873. The zero-order chi connectivity index (χ0) is 34.4. The van der Waals surface area contributed by atoms with Crippen LogP contribution in [0.1, 0.15) is 0 Å². The number of rotatable bonds is 6. The molecule has 9 aromatic carbocycles. The van der Waals surface area contributed by atoms with Crippen molar-refractivity contribution in [2.24, 2.45) is 0 Å². The van der Waals surface area contributed by atoms with Crippen LogP contribution in [-0.2, 0) is 0 Å². The van der Waals surface area contributed by atoms with Crippen molar-refractivity contribution in [1.82, 2.24) is 0 Å². The monoisotopic (exact) mass is 663 g/mol. The van der Waals surface area contributed by atoms with Gasteiger partial charge in [0.25, 0.3) is 0 Å². The lowest BCUT2D eigenvalue weighted by molar-refractivity contribution is 0.669. The van der Waals surface area contributed by atoms with Gasteiger partial charge in [0.15, 0.2) is 0 Å². The Morgan fingerprint density at radius 1 is 0.327 bits per heavy atom. The summed E-state index contributed by atoms with van der Waals surface area (Å²) in [6, 6.07) is 71.7. The molecule has 0 spiro atoms. The predicted octanol–water partition coefficient (Wildman–Crippen LogP) is 14.4. The van der Waals surface area contributed by atoms with Gasteiger partial charge < -0.3 is 9.32 Å². The molecule has 0 unspecified atom stereocenters. The largest absolute Gasteiger partial charge is 0.456 e. The van der Waals surface area contributed by atoms with E-state index in [1.54, 1.807) is 0 Å². The number of furan rings is 1. The van der Waals surface area contributed by atoms with Gasteiger partial charge in [-0.05, 0) is 110 Å². The molecule has 0 amide bonds. The normalized spacial score (nSPS) is 11.5. The number of nitrogens with zero attached hydrogens (tertiary/aromatic N) is 1. The molecule has 10 rings (SSSR count). The van der Waals surface area contributed by atoms with Crippen LogP contribution in [-0.4, -0.2) is 0 Å². The molecule has 52 heavy (non-hydrogen) atoms. The second-order valence-electron chi connectivity index (χ2n) is 13.3. The maximum Gasteiger partial charge on any atom is 0.137 e. The van der Waals surface area contributed by atoms with E-state index in [9.17, 15) is 0 Å². The lowest BCUT2D eigenvalue weighted by Gasteiger charge is -2.26. The first kappa shape index (κ1) is 30.0. The van der Waals surface area contributed by atoms with Gasteiger partial charge >= 0.3 is 0 Å². The molecule has 0 atom stereocenters. The smallest absolute Gasteiger partial charge is 0.137 e. The summed E-state index contributed by atoms with van der Waals surface area (Å²) >= 11 is 0. The zero-order valence-electron chi connectivity index (χ0n) is 28.4. The van der Waals surface area contributed by atoms with E-state index in [0.29, 0.717) is 0 Å². The minimum Gasteiger partial charge on any atom is -0.456 e. The lowest BCUT2D eigenvalue weighted by Crippen LogP contribution is -2.10. The zero-order valence-corrected chi connectivity index (χ0v) is 28.4. The van der Waals surface area contributed by atoms with Gasteiger partial charge in [0.05, 0.1) is 11.1 Å². The second-order valence-corrected chi connectivity index (χ2v) is 13.3. The van der Waals surface area contributed by atoms with Crippen LogP contribution < -0.4 is 4.90 Å². The molecule has 0 aliphatic heterocycles. The highest BCUT2D eigenvalue weighted by Gasteiger charge is 2.20. The van der Waals surface area contributed by atoms with E-state index in [-0.39, 0.29) is 0 Å². The lowest BCUT2D eigenvalue weighted by atomic mass is 9.90. The summed E-state index contributed by atoms with van der Waals surface area (Å²) < 4.78 is 6.35. The molecule has 1 heterocycles. The molecule has 0 aliphatic carbocycles. The van der Waals surface area contributed by atoms with Crippen LogP contribution in [0.25, 0.3) is 76.9 Å².